The molecule has 1 aromatic rings. The molecular formula is C12H16ClNO2. The van der Waals surface area contributed by atoms with E-state index in [1.807, 2.05) is 4.90 Å². The number of hydrogen-bond acceptors (Lipinski definition) is 2. The maximum Gasteiger partial charge on any atom is 0.289 e. The fourth-order valence-electron chi connectivity index (χ4n) is 2.24. The first-order valence-corrected chi connectivity index (χ1v) is 6.27. The average molecular weight is 242 g/mol. The first-order chi connectivity index (χ1) is 7.83. The number of carbonyl (C=O) groups is 1. The Hall–Kier alpha value is -0.960. The Labute approximate surface area is 100 Å². The molecule has 3 nitrogen and oxygen atoms in total. The van der Waals surface area contributed by atoms with Gasteiger partial charge in [0, 0.05) is 18.5 Å². The minimum atomic E-state index is -0.000170. The van der Waals surface area contributed by atoms with Crippen molar-refractivity contribution in [1.29, 1.82) is 0 Å². The second-order valence-corrected chi connectivity index (χ2v) is 4.48. The van der Waals surface area contributed by atoms with Gasteiger partial charge in [-0.3, -0.25) is 4.79 Å². The van der Waals surface area contributed by atoms with Crippen LogP contribution in [-0.2, 0) is 0 Å². The van der Waals surface area contributed by atoms with Gasteiger partial charge in [0.1, 0.15) is 0 Å². The molecule has 1 fully saturated rings. The molecule has 1 aromatic heterocycles. The smallest absolute Gasteiger partial charge is 0.289 e. The van der Waals surface area contributed by atoms with Gasteiger partial charge in [-0.2, -0.15) is 0 Å². The van der Waals surface area contributed by atoms with E-state index in [1.54, 1.807) is 12.1 Å². The monoisotopic (exact) mass is 241 g/mol. The third-order valence-electron chi connectivity index (χ3n) is 3.06. The number of piperidine rings is 1. The summed E-state index contributed by atoms with van der Waals surface area (Å²) in [6.45, 7) is 0.821. The molecule has 2 heterocycles. The summed E-state index contributed by atoms with van der Waals surface area (Å²) in [5.74, 6) is 1.04. The highest BCUT2D eigenvalue weighted by Gasteiger charge is 2.28. The lowest BCUT2D eigenvalue weighted by atomic mass is 9.99. The lowest BCUT2D eigenvalue weighted by Gasteiger charge is -2.34. The van der Waals surface area contributed by atoms with Crippen LogP contribution >= 0.6 is 11.6 Å². The first-order valence-electron chi connectivity index (χ1n) is 5.73. The van der Waals surface area contributed by atoms with Crippen LogP contribution in [0.4, 0.5) is 0 Å². The zero-order valence-corrected chi connectivity index (χ0v) is 9.95. The standard InChI is InChI=1S/C12H16ClNO2/c13-7-6-10-4-1-2-8-14(10)12(15)11-5-3-9-16-11/h3,5,9-10H,1-2,4,6-8H2. The van der Waals surface area contributed by atoms with Crippen molar-refractivity contribution in [2.45, 2.75) is 31.7 Å². The van der Waals surface area contributed by atoms with Gasteiger partial charge in [-0.05, 0) is 37.8 Å². The maximum absolute atomic E-state index is 12.1. The van der Waals surface area contributed by atoms with Gasteiger partial charge >= 0.3 is 0 Å². The third kappa shape index (κ3) is 2.40. The number of hydrogen-bond donors (Lipinski definition) is 0. The summed E-state index contributed by atoms with van der Waals surface area (Å²) in [5.41, 5.74) is 0. The molecule has 1 amide bonds. The third-order valence-corrected chi connectivity index (χ3v) is 3.28. The van der Waals surface area contributed by atoms with Crippen molar-refractivity contribution in [3.05, 3.63) is 24.2 Å². The van der Waals surface area contributed by atoms with Gasteiger partial charge in [0.2, 0.25) is 0 Å². The number of furan rings is 1. The van der Waals surface area contributed by atoms with Crippen LogP contribution in [0.3, 0.4) is 0 Å². The number of nitrogens with zero attached hydrogens (tertiary/aromatic N) is 1. The molecule has 0 aromatic carbocycles. The summed E-state index contributed by atoms with van der Waals surface area (Å²) in [6, 6.07) is 3.74. The molecule has 16 heavy (non-hydrogen) atoms. The molecule has 88 valence electrons. The molecule has 0 bridgehead atoms. The zero-order valence-electron chi connectivity index (χ0n) is 9.19. The summed E-state index contributed by atoms with van der Waals surface area (Å²) in [5, 5.41) is 0. The Balaban J connectivity index is 2.08. The zero-order chi connectivity index (χ0) is 11.4. The summed E-state index contributed by atoms with van der Waals surface area (Å²) >= 11 is 5.77. The first kappa shape index (κ1) is 11.5. The lowest BCUT2D eigenvalue weighted by Crippen LogP contribution is -2.43. The topological polar surface area (TPSA) is 33.5 Å². The van der Waals surface area contributed by atoms with E-state index < -0.39 is 0 Å². The van der Waals surface area contributed by atoms with Crippen molar-refractivity contribution in [3.8, 4) is 0 Å². The van der Waals surface area contributed by atoms with Crippen LogP contribution in [0.5, 0.6) is 0 Å². The number of alkyl halides is 1. The van der Waals surface area contributed by atoms with Gasteiger partial charge in [-0.1, -0.05) is 0 Å². The normalized spacial score (nSPS) is 21.1. The summed E-state index contributed by atoms with van der Waals surface area (Å²) in [4.78, 5) is 14.0. The van der Waals surface area contributed by atoms with Crippen LogP contribution in [0.1, 0.15) is 36.2 Å². The molecule has 1 aliphatic heterocycles. The van der Waals surface area contributed by atoms with Gasteiger partial charge in [-0.25, -0.2) is 0 Å². The molecule has 1 unspecified atom stereocenters. The highest BCUT2D eigenvalue weighted by atomic mass is 35.5. The second-order valence-electron chi connectivity index (χ2n) is 4.10. The van der Waals surface area contributed by atoms with Crippen LogP contribution in [0.2, 0.25) is 0 Å². The Kier molecular flexibility index (Phi) is 3.88. The van der Waals surface area contributed by atoms with Gasteiger partial charge in [0.25, 0.3) is 5.91 Å². The van der Waals surface area contributed by atoms with Crippen molar-refractivity contribution in [2.24, 2.45) is 0 Å². The lowest BCUT2D eigenvalue weighted by molar-refractivity contribution is 0.0577. The Morgan fingerprint density at radius 1 is 1.56 bits per heavy atom. The number of amides is 1. The highest BCUT2D eigenvalue weighted by Crippen LogP contribution is 2.22. The van der Waals surface area contributed by atoms with E-state index in [2.05, 4.69) is 0 Å². The van der Waals surface area contributed by atoms with Crippen molar-refractivity contribution in [1.82, 2.24) is 4.90 Å². The SMILES string of the molecule is O=C(c1ccco1)N1CCCCC1CCCl. The van der Waals surface area contributed by atoms with Crippen molar-refractivity contribution in [2.75, 3.05) is 12.4 Å². The Bertz CT molecular complexity index is 335. The molecule has 0 aliphatic carbocycles. The van der Waals surface area contributed by atoms with Crippen molar-refractivity contribution < 1.29 is 9.21 Å². The molecule has 0 radical (unpaired) electrons. The van der Waals surface area contributed by atoms with Gasteiger partial charge in [0.05, 0.1) is 6.26 Å². The summed E-state index contributed by atoms with van der Waals surface area (Å²) < 4.78 is 5.15. The molecule has 2 rings (SSSR count). The van der Waals surface area contributed by atoms with E-state index in [4.69, 9.17) is 16.0 Å². The molecular weight excluding hydrogens is 226 g/mol. The van der Waals surface area contributed by atoms with Gasteiger partial charge in [0.15, 0.2) is 5.76 Å². The molecule has 0 N–H and O–H groups in total. The van der Waals surface area contributed by atoms with Crippen LogP contribution < -0.4 is 0 Å². The molecule has 0 saturated carbocycles. The van der Waals surface area contributed by atoms with Crippen molar-refractivity contribution >= 4 is 17.5 Å². The molecule has 4 heteroatoms. The highest BCUT2D eigenvalue weighted by molar-refractivity contribution is 6.17. The van der Waals surface area contributed by atoms with Crippen LogP contribution in [0.25, 0.3) is 0 Å². The number of rotatable bonds is 3. The predicted molar refractivity (Wildman–Crippen MR) is 62.7 cm³/mol. The van der Waals surface area contributed by atoms with Gasteiger partial charge in [-0.15, -0.1) is 11.6 Å². The largest absolute Gasteiger partial charge is 0.459 e. The molecule has 1 aliphatic rings. The van der Waals surface area contributed by atoms with Crippen molar-refractivity contribution in [3.63, 3.8) is 0 Å². The summed E-state index contributed by atoms with van der Waals surface area (Å²) in [6.07, 6.45) is 5.72. The number of likely N-dealkylation sites (tertiary alicyclic amines) is 1. The second kappa shape index (κ2) is 5.39. The van der Waals surface area contributed by atoms with Crippen LogP contribution in [-0.4, -0.2) is 29.3 Å². The number of carbonyl (C=O) groups excluding carboxylic acids is 1. The predicted octanol–water partition coefficient (Wildman–Crippen LogP) is 2.90. The summed E-state index contributed by atoms with van der Waals surface area (Å²) in [7, 11) is 0. The van der Waals surface area contributed by atoms with Gasteiger partial charge < -0.3 is 9.32 Å². The fourth-order valence-corrected chi connectivity index (χ4v) is 2.49. The van der Waals surface area contributed by atoms with Crippen LogP contribution in [0.15, 0.2) is 22.8 Å². The van der Waals surface area contributed by atoms with Crippen LogP contribution in [0, 0.1) is 0 Å². The van der Waals surface area contributed by atoms with E-state index in [9.17, 15) is 4.79 Å². The fraction of sp³-hybridized carbons (Fsp3) is 0.583. The number of halogens is 1. The van der Waals surface area contributed by atoms with E-state index >= 15 is 0 Å². The quantitative estimate of drug-likeness (QED) is 0.763. The maximum atomic E-state index is 12.1. The molecule has 1 saturated heterocycles. The minimum Gasteiger partial charge on any atom is -0.459 e. The van der Waals surface area contributed by atoms with E-state index in [0.29, 0.717) is 11.6 Å². The minimum absolute atomic E-state index is 0.000170. The van der Waals surface area contributed by atoms with E-state index in [0.717, 1.165) is 25.8 Å². The average Bonchev–Trinajstić information content (AvgIpc) is 2.83. The Morgan fingerprint density at radius 2 is 2.44 bits per heavy atom. The molecule has 0 spiro atoms. The van der Waals surface area contributed by atoms with E-state index in [1.165, 1.54) is 12.7 Å². The van der Waals surface area contributed by atoms with E-state index in [-0.39, 0.29) is 11.9 Å². The Morgan fingerprint density at radius 3 is 3.12 bits per heavy atom. The molecule has 1 atom stereocenters.